The molecule has 17 heavy (non-hydrogen) atoms. The summed E-state index contributed by atoms with van der Waals surface area (Å²) in [5.74, 6) is -0.639. The third kappa shape index (κ3) is 2.64. The summed E-state index contributed by atoms with van der Waals surface area (Å²) in [4.78, 5) is -0.153. The minimum absolute atomic E-state index is 0.153. The summed E-state index contributed by atoms with van der Waals surface area (Å²) in [6, 6.07) is 3.57. The van der Waals surface area contributed by atoms with Gasteiger partial charge in [0.15, 0.2) is 0 Å². The highest BCUT2D eigenvalue weighted by Gasteiger charge is 2.16. The SMILES string of the molecule is O=S(=O)(Nc1cn[nH]c1)c1ccc(Br)c(F)c1. The second-order valence-electron chi connectivity index (χ2n) is 3.17. The van der Waals surface area contributed by atoms with Gasteiger partial charge < -0.3 is 0 Å². The van der Waals surface area contributed by atoms with Gasteiger partial charge >= 0.3 is 0 Å². The Labute approximate surface area is 105 Å². The Morgan fingerprint density at radius 2 is 2.18 bits per heavy atom. The number of hydrogen-bond acceptors (Lipinski definition) is 3. The van der Waals surface area contributed by atoms with E-state index in [1.165, 1.54) is 24.5 Å². The van der Waals surface area contributed by atoms with Crippen LogP contribution in [0.5, 0.6) is 0 Å². The summed E-state index contributed by atoms with van der Waals surface area (Å²) in [6.45, 7) is 0. The Morgan fingerprint density at radius 1 is 1.41 bits per heavy atom. The van der Waals surface area contributed by atoms with Crippen LogP contribution in [0.1, 0.15) is 0 Å². The van der Waals surface area contributed by atoms with Gasteiger partial charge in [0.1, 0.15) is 5.82 Å². The minimum atomic E-state index is -3.79. The molecule has 90 valence electrons. The van der Waals surface area contributed by atoms with Crippen molar-refractivity contribution in [1.29, 1.82) is 0 Å². The van der Waals surface area contributed by atoms with E-state index < -0.39 is 15.8 Å². The van der Waals surface area contributed by atoms with Gasteiger partial charge in [0.25, 0.3) is 10.0 Å². The molecule has 0 atom stereocenters. The van der Waals surface area contributed by atoms with Crippen molar-refractivity contribution >= 4 is 31.6 Å². The topological polar surface area (TPSA) is 74.8 Å². The molecule has 0 aliphatic heterocycles. The van der Waals surface area contributed by atoms with Crippen molar-refractivity contribution in [2.75, 3.05) is 4.72 Å². The molecule has 0 amide bonds. The van der Waals surface area contributed by atoms with Crippen LogP contribution in [0, 0.1) is 5.82 Å². The molecule has 8 heteroatoms. The highest BCUT2D eigenvalue weighted by molar-refractivity contribution is 9.10. The van der Waals surface area contributed by atoms with Crippen LogP contribution in [0.4, 0.5) is 10.1 Å². The Balaban J connectivity index is 2.35. The van der Waals surface area contributed by atoms with Crippen LogP contribution in [-0.4, -0.2) is 18.6 Å². The standard InChI is InChI=1S/C9H7BrFN3O2S/c10-8-2-1-7(3-9(8)11)17(15,16)14-6-4-12-13-5-6/h1-5,14H,(H,12,13). The first-order chi connectivity index (χ1) is 7.99. The Bertz CT molecular complexity index is 628. The smallest absolute Gasteiger partial charge is 0.262 e. The number of anilines is 1. The van der Waals surface area contributed by atoms with Crippen LogP contribution < -0.4 is 4.72 Å². The van der Waals surface area contributed by atoms with E-state index in [9.17, 15) is 12.8 Å². The molecular weight excluding hydrogens is 313 g/mol. The quantitative estimate of drug-likeness (QED) is 0.909. The van der Waals surface area contributed by atoms with E-state index in [-0.39, 0.29) is 15.1 Å². The lowest BCUT2D eigenvalue weighted by Gasteiger charge is -2.06. The van der Waals surface area contributed by atoms with E-state index >= 15 is 0 Å². The van der Waals surface area contributed by atoms with E-state index in [1.807, 2.05) is 0 Å². The van der Waals surface area contributed by atoms with Gasteiger partial charge in [0, 0.05) is 6.20 Å². The van der Waals surface area contributed by atoms with Crippen molar-refractivity contribution in [3.8, 4) is 0 Å². The van der Waals surface area contributed by atoms with Crippen molar-refractivity contribution in [1.82, 2.24) is 10.2 Å². The zero-order valence-electron chi connectivity index (χ0n) is 8.31. The highest BCUT2D eigenvalue weighted by atomic mass is 79.9. The summed E-state index contributed by atoms with van der Waals surface area (Å²) < 4.78 is 39.4. The largest absolute Gasteiger partial charge is 0.284 e. The molecule has 0 saturated heterocycles. The molecule has 0 aliphatic rings. The fraction of sp³-hybridized carbons (Fsp3) is 0. The number of benzene rings is 1. The van der Waals surface area contributed by atoms with Crippen LogP contribution in [0.15, 0.2) is 40.0 Å². The number of aromatic amines is 1. The fourth-order valence-electron chi connectivity index (χ4n) is 1.16. The molecule has 5 nitrogen and oxygen atoms in total. The summed E-state index contributed by atoms with van der Waals surface area (Å²) in [6.07, 6.45) is 2.69. The third-order valence-electron chi connectivity index (χ3n) is 1.95. The Kier molecular flexibility index (Phi) is 3.16. The molecule has 0 unspecified atom stereocenters. The van der Waals surface area contributed by atoms with Gasteiger partial charge in [-0.25, -0.2) is 12.8 Å². The molecular formula is C9H7BrFN3O2S. The molecule has 2 N–H and O–H groups in total. The van der Waals surface area contributed by atoms with Crippen LogP contribution in [-0.2, 0) is 10.0 Å². The van der Waals surface area contributed by atoms with Crippen molar-refractivity contribution in [2.24, 2.45) is 0 Å². The maximum atomic E-state index is 13.2. The molecule has 2 rings (SSSR count). The van der Waals surface area contributed by atoms with Crippen molar-refractivity contribution in [2.45, 2.75) is 4.90 Å². The summed E-state index contributed by atoms with van der Waals surface area (Å²) in [5, 5.41) is 6.06. The van der Waals surface area contributed by atoms with Gasteiger partial charge in [-0.05, 0) is 34.1 Å². The van der Waals surface area contributed by atoms with E-state index in [4.69, 9.17) is 0 Å². The third-order valence-corrected chi connectivity index (χ3v) is 3.97. The summed E-state index contributed by atoms with van der Waals surface area (Å²) in [5.41, 5.74) is 0.285. The lowest BCUT2D eigenvalue weighted by molar-refractivity contribution is 0.593. The van der Waals surface area contributed by atoms with Gasteiger partial charge in [0.2, 0.25) is 0 Å². The average Bonchev–Trinajstić information content (AvgIpc) is 2.73. The number of hydrogen-bond donors (Lipinski definition) is 2. The number of rotatable bonds is 3. The maximum Gasteiger partial charge on any atom is 0.262 e. The maximum absolute atomic E-state index is 13.2. The van der Waals surface area contributed by atoms with Gasteiger partial charge in [-0.3, -0.25) is 9.82 Å². The average molecular weight is 320 g/mol. The zero-order chi connectivity index (χ0) is 12.5. The van der Waals surface area contributed by atoms with Gasteiger partial charge in [-0.1, -0.05) is 0 Å². The lowest BCUT2D eigenvalue weighted by atomic mass is 10.3. The molecule has 0 saturated carbocycles. The first kappa shape index (κ1) is 12.1. The second kappa shape index (κ2) is 4.46. The molecule has 0 bridgehead atoms. The van der Waals surface area contributed by atoms with Gasteiger partial charge in [-0.2, -0.15) is 5.10 Å². The molecule has 0 radical (unpaired) electrons. The van der Waals surface area contributed by atoms with Crippen LogP contribution in [0.3, 0.4) is 0 Å². The van der Waals surface area contributed by atoms with E-state index in [1.54, 1.807) is 0 Å². The Morgan fingerprint density at radius 3 is 2.76 bits per heavy atom. The molecule has 0 spiro atoms. The van der Waals surface area contributed by atoms with E-state index in [0.29, 0.717) is 0 Å². The van der Waals surface area contributed by atoms with Gasteiger partial charge in [0.05, 0.1) is 21.3 Å². The van der Waals surface area contributed by atoms with Crippen LogP contribution in [0.25, 0.3) is 0 Å². The normalized spacial score (nSPS) is 11.4. The molecule has 0 aliphatic carbocycles. The molecule has 1 aromatic heterocycles. The molecule has 2 aromatic rings. The number of halogens is 2. The molecule has 0 fully saturated rings. The van der Waals surface area contributed by atoms with Gasteiger partial charge in [-0.15, -0.1) is 0 Å². The highest BCUT2D eigenvalue weighted by Crippen LogP contribution is 2.21. The number of sulfonamides is 1. The molecule has 1 aromatic carbocycles. The number of nitrogens with zero attached hydrogens (tertiary/aromatic N) is 1. The second-order valence-corrected chi connectivity index (χ2v) is 5.71. The van der Waals surface area contributed by atoms with Crippen molar-refractivity contribution < 1.29 is 12.8 Å². The summed E-state index contributed by atoms with van der Waals surface area (Å²) in [7, 11) is -3.79. The first-order valence-corrected chi connectivity index (χ1v) is 6.73. The predicted octanol–water partition coefficient (Wildman–Crippen LogP) is 2.11. The monoisotopic (exact) mass is 319 g/mol. The minimum Gasteiger partial charge on any atom is -0.284 e. The summed E-state index contributed by atoms with van der Waals surface area (Å²) >= 11 is 2.95. The van der Waals surface area contributed by atoms with Crippen molar-refractivity contribution in [3.63, 3.8) is 0 Å². The molecule has 1 heterocycles. The van der Waals surface area contributed by atoms with Crippen LogP contribution >= 0.6 is 15.9 Å². The van der Waals surface area contributed by atoms with Crippen molar-refractivity contribution in [3.05, 3.63) is 40.9 Å². The lowest BCUT2D eigenvalue weighted by Crippen LogP contribution is -2.12. The zero-order valence-corrected chi connectivity index (χ0v) is 10.7. The predicted molar refractivity (Wildman–Crippen MR) is 63.5 cm³/mol. The number of aromatic nitrogens is 2. The van der Waals surface area contributed by atoms with E-state index in [0.717, 1.165) is 6.07 Å². The fourth-order valence-corrected chi connectivity index (χ4v) is 2.46. The number of nitrogens with one attached hydrogen (secondary N) is 2. The van der Waals surface area contributed by atoms with Crippen LogP contribution in [0.2, 0.25) is 0 Å². The number of H-pyrrole nitrogens is 1. The Hall–Kier alpha value is -1.41. The first-order valence-electron chi connectivity index (χ1n) is 4.46. The van der Waals surface area contributed by atoms with E-state index in [2.05, 4.69) is 30.8 Å².